The van der Waals surface area contributed by atoms with Crippen LogP contribution in [0.4, 0.5) is 0 Å². The third kappa shape index (κ3) is 10.4. The predicted molar refractivity (Wildman–Crippen MR) is 174 cm³/mol. The zero-order valence-corrected chi connectivity index (χ0v) is 27.9. The van der Waals surface area contributed by atoms with E-state index in [0.29, 0.717) is 36.0 Å². The molecule has 2 aliphatic carbocycles. The second kappa shape index (κ2) is 16.7. The van der Waals surface area contributed by atoms with E-state index in [-0.39, 0.29) is 36.1 Å². The molecular formula is C33H54ClN3O4S. The molecule has 1 aromatic carbocycles. The maximum atomic E-state index is 13.5. The molecule has 0 bridgehead atoms. The van der Waals surface area contributed by atoms with Crippen LogP contribution in [0.3, 0.4) is 0 Å². The summed E-state index contributed by atoms with van der Waals surface area (Å²) in [6.45, 7) is 7.02. The highest BCUT2D eigenvalue weighted by Gasteiger charge is 2.63. The molecule has 1 aromatic rings. The van der Waals surface area contributed by atoms with Crippen molar-refractivity contribution < 1.29 is 19.8 Å². The van der Waals surface area contributed by atoms with Gasteiger partial charge in [-0.05, 0) is 68.8 Å². The Labute approximate surface area is 262 Å². The van der Waals surface area contributed by atoms with Crippen molar-refractivity contribution in [2.45, 2.75) is 89.9 Å². The molecule has 0 radical (unpaired) electrons. The van der Waals surface area contributed by atoms with Gasteiger partial charge in [-0.2, -0.15) is 11.8 Å². The molecule has 0 spiro atoms. The molecule has 4 N–H and O–H groups in total. The molecule has 2 amide bonds. The molecule has 2 saturated carbocycles. The number of hydrogen-bond acceptors (Lipinski definition) is 6. The number of hydrogen-bond donors (Lipinski definition) is 4. The van der Waals surface area contributed by atoms with Crippen molar-refractivity contribution in [3.63, 3.8) is 0 Å². The summed E-state index contributed by atoms with van der Waals surface area (Å²) in [6.07, 6.45) is 5.71. The molecule has 238 valence electrons. The number of rotatable bonds is 17. The Hall–Kier alpha value is -1.32. The zero-order valence-electron chi connectivity index (χ0n) is 26.3. The monoisotopic (exact) mass is 623 g/mol. The van der Waals surface area contributed by atoms with E-state index in [1.165, 1.54) is 19.3 Å². The van der Waals surface area contributed by atoms with Crippen molar-refractivity contribution in [1.82, 2.24) is 15.5 Å². The first-order valence-corrected chi connectivity index (χ1v) is 17.4. The van der Waals surface area contributed by atoms with Gasteiger partial charge in [0.25, 0.3) is 0 Å². The second-order valence-corrected chi connectivity index (χ2v) is 15.0. The van der Waals surface area contributed by atoms with Crippen LogP contribution >= 0.6 is 23.4 Å². The maximum Gasteiger partial charge on any atom is 0.225 e. The SMILES string of the molecule is CC(C)C[C@H](O)[C@H](O)C1(NC(=O)[C@H](C)CNC(=O)[C@@H](CSCCN(C)C)Cc2cccc(Cl)c2)C[C@H]1C1CCCCC1. The molecule has 2 aliphatic rings. The van der Waals surface area contributed by atoms with Gasteiger partial charge in [0.15, 0.2) is 0 Å². The van der Waals surface area contributed by atoms with Crippen molar-refractivity contribution >= 4 is 35.2 Å². The Balaban J connectivity index is 1.62. The summed E-state index contributed by atoms with van der Waals surface area (Å²) in [6, 6.07) is 7.62. The van der Waals surface area contributed by atoms with E-state index in [1.54, 1.807) is 11.8 Å². The van der Waals surface area contributed by atoms with Gasteiger partial charge >= 0.3 is 0 Å². The van der Waals surface area contributed by atoms with Crippen LogP contribution in [0.2, 0.25) is 5.02 Å². The molecule has 9 heteroatoms. The van der Waals surface area contributed by atoms with Crippen LogP contribution in [-0.2, 0) is 16.0 Å². The summed E-state index contributed by atoms with van der Waals surface area (Å²) >= 11 is 7.96. The summed E-state index contributed by atoms with van der Waals surface area (Å²) in [5, 5.41) is 29.1. The van der Waals surface area contributed by atoms with Crippen LogP contribution < -0.4 is 10.6 Å². The smallest absolute Gasteiger partial charge is 0.225 e. The Morgan fingerprint density at radius 1 is 1.12 bits per heavy atom. The van der Waals surface area contributed by atoms with Gasteiger partial charge in [-0.15, -0.1) is 0 Å². The van der Waals surface area contributed by atoms with Crippen molar-refractivity contribution in [2.75, 3.05) is 38.7 Å². The Bertz CT molecular complexity index is 1010. The van der Waals surface area contributed by atoms with Crippen LogP contribution in [0.1, 0.15) is 71.3 Å². The van der Waals surface area contributed by atoms with Crippen molar-refractivity contribution in [3.8, 4) is 0 Å². The molecule has 0 saturated heterocycles. The molecule has 2 fully saturated rings. The third-order valence-corrected chi connectivity index (χ3v) is 10.4. The lowest BCUT2D eigenvalue weighted by molar-refractivity contribution is -0.128. The summed E-state index contributed by atoms with van der Waals surface area (Å²) in [5.74, 6) is 1.53. The van der Waals surface area contributed by atoms with Gasteiger partial charge < -0.3 is 25.7 Å². The average molecular weight is 624 g/mol. The van der Waals surface area contributed by atoms with E-state index >= 15 is 0 Å². The average Bonchev–Trinajstić information content (AvgIpc) is 3.67. The number of aliphatic hydroxyl groups is 2. The van der Waals surface area contributed by atoms with Gasteiger partial charge in [0, 0.05) is 29.6 Å². The first-order chi connectivity index (χ1) is 19.9. The highest BCUT2D eigenvalue weighted by Crippen LogP contribution is 2.55. The molecule has 42 heavy (non-hydrogen) atoms. The lowest BCUT2D eigenvalue weighted by Crippen LogP contribution is -2.55. The Kier molecular flexibility index (Phi) is 14.0. The lowest BCUT2D eigenvalue weighted by atomic mass is 9.82. The number of nitrogens with one attached hydrogen (secondary N) is 2. The van der Waals surface area contributed by atoms with Crippen LogP contribution in [0.15, 0.2) is 24.3 Å². The number of benzene rings is 1. The van der Waals surface area contributed by atoms with Gasteiger partial charge in [0.05, 0.1) is 23.5 Å². The molecule has 6 atom stereocenters. The van der Waals surface area contributed by atoms with E-state index < -0.39 is 23.7 Å². The quantitative estimate of drug-likeness (QED) is 0.187. The molecule has 0 aliphatic heterocycles. The molecular weight excluding hydrogens is 570 g/mol. The second-order valence-electron chi connectivity index (χ2n) is 13.4. The largest absolute Gasteiger partial charge is 0.390 e. The fourth-order valence-corrected chi connectivity index (χ4v) is 7.86. The number of amides is 2. The van der Waals surface area contributed by atoms with Crippen LogP contribution in [-0.4, -0.2) is 83.4 Å². The van der Waals surface area contributed by atoms with E-state index in [2.05, 4.69) is 15.5 Å². The van der Waals surface area contributed by atoms with E-state index in [9.17, 15) is 19.8 Å². The summed E-state index contributed by atoms with van der Waals surface area (Å²) in [7, 11) is 4.08. The standard InChI is InChI=1S/C33H54ClN3O4S/c1-22(2)16-29(38)30(39)33(19-28(33)25-11-7-6-8-12-25)36-31(40)23(3)20-35-32(41)26(21-42-15-14-37(4)5)17-24-10-9-13-27(34)18-24/h9-10,13,18,22-23,25-26,28-30,38-39H,6-8,11-12,14-17,19-21H2,1-5H3,(H,35,41)(H,36,40)/t23-,26-,28+,29+,30+,33?/m1/s1. The fraction of sp³-hybridized carbons (Fsp3) is 0.758. The predicted octanol–water partition coefficient (Wildman–Crippen LogP) is 4.77. The summed E-state index contributed by atoms with van der Waals surface area (Å²) < 4.78 is 0. The van der Waals surface area contributed by atoms with Gasteiger partial charge in [-0.3, -0.25) is 9.59 Å². The number of aliphatic hydroxyl groups excluding tert-OH is 2. The van der Waals surface area contributed by atoms with E-state index in [4.69, 9.17) is 11.6 Å². The van der Waals surface area contributed by atoms with Gasteiger partial charge in [-0.1, -0.05) is 76.6 Å². The van der Waals surface area contributed by atoms with Crippen molar-refractivity contribution in [3.05, 3.63) is 34.9 Å². The minimum Gasteiger partial charge on any atom is -0.390 e. The number of nitrogens with zero attached hydrogens (tertiary/aromatic N) is 1. The van der Waals surface area contributed by atoms with Gasteiger partial charge in [0.2, 0.25) is 11.8 Å². The number of halogens is 1. The minimum absolute atomic E-state index is 0.0689. The highest BCUT2D eigenvalue weighted by atomic mass is 35.5. The Morgan fingerprint density at radius 3 is 2.48 bits per heavy atom. The van der Waals surface area contributed by atoms with Crippen LogP contribution in [0.5, 0.6) is 0 Å². The number of carbonyl (C=O) groups excluding carboxylic acids is 2. The normalized spacial score (nSPS) is 23.8. The Morgan fingerprint density at radius 2 is 1.83 bits per heavy atom. The molecule has 1 unspecified atom stereocenters. The molecule has 7 nitrogen and oxygen atoms in total. The topological polar surface area (TPSA) is 102 Å². The fourth-order valence-electron chi connectivity index (χ4n) is 6.43. The third-order valence-electron chi connectivity index (χ3n) is 9.01. The van der Waals surface area contributed by atoms with Crippen LogP contribution in [0.25, 0.3) is 0 Å². The maximum absolute atomic E-state index is 13.5. The summed E-state index contributed by atoms with van der Waals surface area (Å²) in [5.41, 5.74) is 0.226. The summed E-state index contributed by atoms with van der Waals surface area (Å²) in [4.78, 5) is 29.0. The van der Waals surface area contributed by atoms with Gasteiger partial charge in [-0.25, -0.2) is 0 Å². The van der Waals surface area contributed by atoms with Gasteiger partial charge in [0.1, 0.15) is 6.10 Å². The van der Waals surface area contributed by atoms with Crippen molar-refractivity contribution in [1.29, 1.82) is 0 Å². The number of thioether (sulfide) groups is 1. The number of carbonyl (C=O) groups is 2. The highest BCUT2D eigenvalue weighted by molar-refractivity contribution is 7.99. The zero-order chi connectivity index (χ0) is 30.9. The van der Waals surface area contributed by atoms with E-state index in [1.807, 2.05) is 59.1 Å². The molecule has 3 rings (SSSR count). The first-order valence-electron chi connectivity index (χ1n) is 15.9. The van der Waals surface area contributed by atoms with Crippen molar-refractivity contribution in [2.24, 2.45) is 29.6 Å². The van der Waals surface area contributed by atoms with E-state index in [0.717, 1.165) is 30.7 Å². The molecule has 0 aromatic heterocycles. The first kappa shape index (κ1) is 35.2. The lowest BCUT2D eigenvalue weighted by Gasteiger charge is -2.33. The molecule has 0 heterocycles. The minimum atomic E-state index is -1.00. The van der Waals surface area contributed by atoms with Crippen LogP contribution in [0, 0.1) is 29.6 Å².